The van der Waals surface area contributed by atoms with E-state index in [1.165, 1.54) is 4.90 Å². The molecule has 0 spiro atoms. The normalized spacial score (nSPS) is 24.6. The van der Waals surface area contributed by atoms with Gasteiger partial charge in [-0.25, -0.2) is 4.98 Å². The summed E-state index contributed by atoms with van der Waals surface area (Å²) < 4.78 is 5.55. The largest absolute Gasteiger partial charge is 0.417 e. The third-order valence-corrected chi connectivity index (χ3v) is 6.07. The maximum atomic E-state index is 13.1. The molecule has 2 aromatic heterocycles. The summed E-state index contributed by atoms with van der Waals surface area (Å²) in [7, 11) is 1.69. The van der Waals surface area contributed by atoms with Crippen LogP contribution in [0.15, 0.2) is 53.1 Å². The second-order valence-electron chi connectivity index (χ2n) is 7.89. The van der Waals surface area contributed by atoms with E-state index in [1.54, 1.807) is 13.2 Å². The maximum absolute atomic E-state index is 13.1. The van der Waals surface area contributed by atoms with E-state index in [0.29, 0.717) is 18.1 Å². The van der Waals surface area contributed by atoms with Gasteiger partial charge in [0.1, 0.15) is 11.9 Å². The highest BCUT2D eigenvalue weighted by molar-refractivity contribution is 6.02. The Labute approximate surface area is 173 Å². The van der Waals surface area contributed by atoms with Gasteiger partial charge >= 0.3 is 11.8 Å². The fourth-order valence-electron chi connectivity index (χ4n) is 4.47. The minimum atomic E-state index is -0.666. The Hall–Kier alpha value is -3.55. The molecule has 1 aliphatic carbocycles. The molecule has 1 aromatic carbocycles. The molecule has 0 saturated heterocycles. The quantitative estimate of drug-likeness (QED) is 0.717. The van der Waals surface area contributed by atoms with Crippen molar-refractivity contribution in [2.75, 3.05) is 11.9 Å². The number of likely N-dealkylation sites (N-methyl/N-ethyl adjacent to an activating group) is 1. The van der Waals surface area contributed by atoms with Gasteiger partial charge in [-0.3, -0.25) is 14.5 Å². The van der Waals surface area contributed by atoms with E-state index < -0.39 is 11.9 Å². The van der Waals surface area contributed by atoms with Crippen molar-refractivity contribution in [3.8, 4) is 0 Å². The first-order valence-electron chi connectivity index (χ1n) is 9.94. The van der Waals surface area contributed by atoms with Crippen molar-refractivity contribution in [3.05, 3.63) is 71.6 Å². The Kier molecular flexibility index (Phi) is 4.34. The van der Waals surface area contributed by atoms with Gasteiger partial charge in [0.2, 0.25) is 5.89 Å². The first kappa shape index (κ1) is 18.5. The molecule has 0 bridgehead atoms. The van der Waals surface area contributed by atoms with Crippen LogP contribution in [0.5, 0.6) is 0 Å². The number of nitrogens with zero attached hydrogens (tertiary/aromatic N) is 4. The zero-order valence-electron chi connectivity index (χ0n) is 16.6. The molecule has 152 valence electrons. The van der Waals surface area contributed by atoms with Crippen LogP contribution in [0.4, 0.5) is 5.82 Å². The van der Waals surface area contributed by atoms with Crippen molar-refractivity contribution in [1.29, 1.82) is 0 Å². The van der Waals surface area contributed by atoms with Crippen molar-refractivity contribution in [1.82, 2.24) is 20.5 Å². The number of fused-ring (bicyclic) bond motifs is 3. The van der Waals surface area contributed by atoms with Gasteiger partial charge in [-0.15, -0.1) is 10.2 Å². The average molecular weight is 403 g/mol. The monoisotopic (exact) mass is 403 g/mol. The number of carbonyl (C=O) groups excluding carboxylic acids is 2. The molecule has 4 atom stereocenters. The van der Waals surface area contributed by atoms with Gasteiger partial charge in [0, 0.05) is 13.2 Å². The van der Waals surface area contributed by atoms with E-state index in [9.17, 15) is 9.59 Å². The number of hydrogen-bond acceptors (Lipinski definition) is 6. The van der Waals surface area contributed by atoms with E-state index >= 15 is 0 Å². The zero-order chi connectivity index (χ0) is 20.8. The molecule has 1 saturated carbocycles. The van der Waals surface area contributed by atoms with Gasteiger partial charge < -0.3 is 9.73 Å². The van der Waals surface area contributed by atoms with Gasteiger partial charge in [0.15, 0.2) is 0 Å². The van der Waals surface area contributed by atoms with Crippen LogP contribution in [0.3, 0.4) is 0 Å². The van der Waals surface area contributed by atoms with Crippen LogP contribution in [-0.2, 0) is 11.2 Å². The number of nitrogens with one attached hydrogen (secondary N) is 1. The van der Waals surface area contributed by atoms with Crippen LogP contribution >= 0.6 is 0 Å². The number of benzene rings is 1. The van der Waals surface area contributed by atoms with Crippen molar-refractivity contribution in [2.24, 2.45) is 11.8 Å². The highest BCUT2D eigenvalue weighted by Crippen LogP contribution is 2.58. The first-order valence-corrected chi connectivity index (χ1v) is 9.94. The molecule has 5 rings (SSSR count). The Bertz CT molecular complexity index is 1110. The van der Waals surface area contributed by atoms with Gasteiger partial charge in [-0.1, -0.05) is 43.3 Å². The SMILES string of the molecule is CC1C2c3cccnc3N(C)C(=O)[C@@H](NC(=O)c3nnc(Cc4ccccc4)o3)C12. The van der Waals surface area contributed by atoms with E-state index in [4.69, 9.17) is 4.42 Å². The van der Waals surface area contributed by atoms with E-state index in [-0.39, 0.29) is 29.6 Å². The highest BCUT2D eigenvalue weighted by atomic mass is 16.4. The second-order valence-corrected chi connectivity index (χ2v) is 7.89. The maximum Gasteiger partial charge on any atom is 0.309 e. The standard InChI is InChI=1S/C22H21N5O3/c1-12-16-14-9-6-10-23-19(14)27(2)22(29)18(17(12)16)24-20(28)21-26-25-15(30-21)11-13-7-4-3-5-8-13/h3-10,12,16-18H,11H2,1-2H3,(H,24,28)/t12?,16?,17?,18-/m0/s1. The number of pyridine rings is 1. The number of amides is 2. The Morgan fingerprint density at radius 1 is 1.17 bits per heavy atom. The number of rotatable bonds is 4. The summed E-state index contributed by atoms with van der Waals surface area (Å²) >= 11 is 0. The lowest BCUT2D eigenvalue weighted by atomic mass is 10.1. The van der Waals surface area contributed by atoms with E-state index in [1.807, 2.05) is 42.5 Å². The first-order chi connectivity index (χ1) is 14.5. The van der Waals surface area contributed by atoms with Gasteiger partial charge in [0.25, 0.3) is 5.91 Å². The van der Waals surface area contributed by atoms with Crippen molar-refractivity contribution >= 4 is 17.6 Å². The zero-order valence-corrected chi connectivity index (χ0v) is 16.6. The molecule has 8 heteroatoms. The van der Waals surface area contributed by atoms with Gasteiger partial charge in [0.05, 0.1) is 6.42 Å². The van der Waals surface area contributed by atoms with Gasteiger partial charge in [-0.05, 0) is 34.9 Å². The molecule has 1 N–H and O–H groups in total. The lowest BCUT2D eigenvalue weighted by Gasteiger charge is -2.23. The lowest BCUT2D eigenvalue weighted by Crippen LogP contribution is -2.49. The van der Waals surface area contributed by atoms with Crippen LogP contribution in [0, 0.1) is 11.8 Å². The Morgan fingerprint density at radius 3 is 2.77 bits per heavy atom. The summed E-state index contributed by atoms with van der Waals surface area (Å²) in [4.78, 5) is 31.8. The number of anilines is 1. The van der Waals surface area contributed by atoms with Crippen molar-refractivity contribution in [2.45, 2.75) is 25.3 Å². The summed E-state index contributed by atoms with van der Waals surface area (Å²) in [6, 6.07) is 12.9. The van der Waals surface area contributed by atoms with E-state index in [0.717, 1.165) is 11.1 Å². The summed E-state index contributed by atoms with van der Waals surface area (Å²) in [6.45, 7) is 2.09. The third-order valence-electron chi connectivity index (χ3n) is 6.07. The Morgan fingerprint density at radius 2 is 1.97 bits per heavy atom. The molecule has 3 unspecified atom stereocenters. The number of carbonyl (C=O) groups is 2. The molecule has 1 fully saturated rings. The molecular weight excluding hydrogens is 382 g/mol. The second kappa shape index (κ2) is 7.05. The molecular formula is C22H21N5O3. The topological polar surface area (TPSA) is 101 Å². The van der Waals surface area contributed by atoms with Crippen molar-refractivity contribution in [3.63, 3.8) is 0 Å². The molecule has 1 aliphatic heterocycles. The highest BCUT2D eigenvalue weighted by Gasteiger charge is 2.58. The molecule has 2 aliphatic rings. The summed E-state index contributed by atoms with van der Waals surface area (Å²) in [5.74, 6) is 0.611. The minimum absolute atomic E-state index is 0.0149. The molecule has 3 heterocycles. The van der Waals surface area contributed by atoms with Crippen molar-refractivity contribution < 1.29 is 14.0 Å². The molecule has 0 radical (unpaired) electrons. The summed E-state index contributed by atoms with van der Waals surface area (Å²) in [5, 5.41) is 10.7. The molecule has 3 aromatic rings. The average Bonchev–Trinajstić information content (AvgIpc) is 3.21. The fraction of sp³-hybridized carbons (Fsp3) is 0.318. The molecule has 8 nitrogen and oxygen atoms in total. The predicted molar refractivity (Wildman–Crippen MR) is 108 cm³/mol. The summed E-state index contributed by atoms with van der Waals surface area (Å²) in [6.07, 6.45) is 2.12. The minimum Gasteiger partial charge on any atom is -0.417 e. The van der Waals surface area contributed by atoms with Crippen LogP contribution < -0.4 is 10.2 Å². The predicted octanol–water partition coefficient (Wildman–Crippen LogP) is 2.18. The molecule has 30 heavy (non-hydrogen) atoms. The third kappa shape index (κ3) is 3.04. The van der Waals surface area contributed by atoms with Crippen LogP contribution in [0.2, 0.25) is 0 Å². The summed E-state index contributed by atoms with van der Waals surface area (Å²) in [5.41, 5.74) is 2.05. The van der Waals surface area contributed by atoms with Gasteiger partial charge in [-0.2, -0.15) is 0 Å². The smallest absolute Gasteiger partial charge is 0.309 e. The van der Waals surface area contributed by atoms with Crippen LogP contribution in [0.1, 0.15) is 40.5 Å². The lowest BCUT2D eigenvalue weighted by molar-refractivity contribution is -0.120. The Balaban J connectivity index is 1.35. The van der Waals surface area contributed by atoms with Crippen LogP contribution in [0.25, 0.3) is 0 Å². The number of aromatic nitrogens is 3. The number of hydrogen-bond donors (Lipinski definition) is 1. The van der Waals surface area contributed by atoms with Crippen LogP contribution in [-0.4, -0.2) is 40.1 Å². The molecule has 2 amide bonds. The fourth-order valence-corrected chi connectivity index (χ4v) is 4.47. The van der Waals surface area contributed by atoms with E-state index in [2.05, 4.69) is 27.4 Å².